The molecule has 1 aliphatic rings. The van der Waals surface area contributed by atoms with Gasteiger partial charge in [0.2, 0.25) is 0 Å². The van der Waals surface area contributed by atoms with E-state index >= 15 is 0 Å². The normalized spacial score (nSPS) is 18.8. The summed E-state index contributed by atoms with van der Waals surface area (Å²) in [5.41, 5.74) is -0.638. The molecule has 0 spiro atoms. The quantitative estimate of drug-likeness (QED) is 0.625. The Bertz CT molecular complexity index is 252. The molecule has 0 bridgehead atoms. The topological polar surface area (TPSA) is 61.4 Å². The Hall–Kier alpha value is -0.770. The third-order valence-electron chi connectivity index (χ3n) is 3.74. The summed E-state index contributed by atoms with van der Waals surface area (Å²) in [7, 11) is 0. The molecule has 0 aliphatic heterocycles. The van der Waals surface area contributed by atoms with Crippen LogP contribution in [0.1, 0.15) is 65.2 Å². The number of aliphatic hydroxyl groups is 1. The number of unbranched alkanes of at least 4 members (excludes halogenated alkanes) is 1. The van der Waals surface area contributed by atoms with Crippen molar-refractivity contribution in [3.05, 3.63) is 0 Å². The molecule has 0 radical (unpaired) electrons. The second kappa shape index (κ2) is 7.62. The highest BCUT2D eigenvalue weighted by molar-refractivity contribution is 5.74. The van der Waals surface area contributed by atoms with Crippen LogP contribution in [0.15, 0.2) is 0 Å². The van der Waals surface area contributed by atoms with E-state index in [0.717, 1.165) is 51.4 Å². The van der Waals surface area contributed by atoms with Gasteiger partial charge in [0.25, 0.3) is 0 Å². The van der Waals surface area contributed by atoms with Crippen LogP contribution < -0.4 is 10.6 Å². The van der Waals surface area contributed by atoms with Crippen LogP contribution in [0.5, 0.6) is 0 Å². The number of amides is 2. The minimum atomic E-state index is -0.638. The summed E-state index contributed by atoms with van der Waals surface area (Å²) < 4.78 is 0. The van der Waals surface area contributed by atoms with Crippen molar-refractivity contribution in [3.8, 4) is 0 Å². The van der Waals surface area contributed by atoms with Crippen molar-refractivity contribution in [2.24, 2.45) is 0 Å². The zero-order chi connectivity index (χ0) is 13.4. The lowest BCUT2D eigenvalue weighted by Gasteiger charge is -2.36. The van der Waals surface area contributed by atoms with Gasteiger partial charge in [-0.15, -0.1) is 0 Å². The fourth-order valence-electron chi connectivity index (χ4n) is 2.33. The van der Waals surface area contributed by atoms with Crippen molar-refractivity contribution in [3.63, 3.8) is 0 Å². The van der Waals surface area contributed by atoms with Crippen molar-refractivity contribution >= 4 is 6.03 Å². The van der Waals surface area contributed by atoms with Crippen LogP contribution in [0.4, 0.5) is 4.79 Å². The molecular formula is C14H28N2O2. The maximum absolute atomic E-state index is 11.7. The fraction of sp³-hybridized carbons (Fsp3) is 0.929. The molecule has 4 nitrogen and oxygen atoms in total. The molecule has 0 aromatic heterocycles. The second-order valence-electron chi connectivity index (χ2n) is 5.53. The number of rotatable bonds is 8. The molecule has 2 amide bonds. The van der Waals surface area contributed by atoms with Gasteiger partial charge in [-0.05, 0) is 32.1 Å². The number of hydrogen-bond acceptors (Lipinski definition) is 2. The van der Waals surface area contributed by atoms with E-state index in [4.69, 9.17) is 0 Å². The highest BCUT2D eigenvalue weighted by atomic mass is 16.3. The molecule has 1 aliphatic carbocycles. The Balaban J connectivity index is 2.22. The molecule has 1 fully saturated rings. The van der Waals surface area contributed by atoms with E-state index in [1.54, 1.807) is 0 Å². The van der Waals surface area contributed by atoms with Crippen molar-refractivity contribution in [2.75, 3.05) is 6.54 Å². The lowest BCUT2D eigenvalue weighted by molar-refractivity contribution is -0.0290. The maximum Gasteiger partial charge on any atom is 0.315 e. The number of nitrogens with one attached hydrogen (secondary N) is 2. The minimum absolute atomic E-state index is 0.134. The highest BCUT2D eigenvalue weighted by Gasteiger charge is 2.34. The third kappa shape index (κ3) is 5.25. The van der Waals surface area contributed by atoms with Crippen LogP contribution in [0.2, 0.25) is 0 Å². The lowest BCUT2D eigenvalue weighted by Crippen LogP contribution is -2.51. The summed E-state index contributed by atoms with van der Waals surface area (Å²) in [5, 5.41) is 15.7. The average molecular weight is 256 g/mol. The first-order valence-electron chi connectivity index (χ1n) is 7.36. The molecule has 4 heteroatoms. The van der Waals surface area contributed by atoms with Crippen LogP contribution in [-0.2, 0) is 0 Å². The molecule has 0 heterocycles. The number of urea groups is 1. The molecule has 18 heavy (non-hydrogen) atoms. The second-order valence-corrected chi connectivity index (χ2v) is 5.53. The number of carbonyl (C=O) groups excluding carboxylic acids is 1. The van der Waals surface area contributed by atoms with Gasteiger partial charge in [0.15, 0.2) is 0 Å². The van der Waals surface area contributed by atoms with Gasteiger partial charge in [-0.2, -0.15) is 0 Å². The van der Waals surface area contributed by atoms with E-state index in [9.17, 15) is 9.90 Å². The first-order valence-corrected chi connectivity index (χ1v) is 7.36. The Labute approximate surface area is 111 Å². The fourth-order valence-corrected chi connectivity index (χ4v) is 2.33. The summed E-state index contributed by atoms with van der Waals surface area (Å²) in [6.45, 7) is 4.68. The largest absolute Gasteiger partial charge is 0.388 e. The van der Waals surface area contributed by atoms with E-state index in [-0.39, 0.29) is 12.1 Å². The van der Waals surface area contributed by atoms with Crippen LogP contribution in [0.3, 0.4) is 0 Å². The Morgan fingerprint density at radius 2 is 2.00 bits per heavy atom. The standard InChI is InChI=1S/C14H28N2O2/c1-3-5-8-12(7-4-2)16-13(17)15-11-14(18)9-6-10-14/h12,18H,3-11H2,1-2H3,(H2,15,16,17). The van der Waals surface area contributed by atoms with Crippen molar-refractivity contribution in [1.82, 2.24) is 10.6 Å². The van der Waals surface area contributed by atoms with Crippen LogP contribution >= 0.6 is 0 Å². The molecule has 1 saturated carbocycles. The molecule has 0 saturated heterocycles. The summed E-state index contributed by atoms with van der Waals surface area (Å²) in [6, 6.07) is 0.135. The van der Waals surface area contributed by atoms with Gasteiger partial charge in [0.05, 0.1) is 5.60 Å². The zero-order valence-electron chi connectivity index (χ0n) is 11.8. The van der Waals surface area contributed by atoms with Crippen molar-refractivity contribution in [1.29, 1.82) is 0 Å². The first kappa shape index (κ1) is 15.3. The van der Waals surface area contributed by atoms with E-state index in [2.05, 4.69) is 24.5 Å². The van der Waals surface area contributed by atoms with E-state index < -0.39 is 5.60 Å². The molecule has 1 atom stereocenters. The predicted octanol–water partition coefficient (Wildman–Crippen LogP) is 2.56. The predicted molar refractivity (Wildman–Crippen MR) is 73.6 cm³/mol. The third-order valence-corrected chi connectivity index (χ3v) is 3.74. The molecule has 1 rings (SSSR count). The van der Waals surface area contributed by atoms with Crippen molar-refractivity contribution in [2.45, 2.75) is 76.9 Å². The van der Waals surface area contributed by atoms with Crippen LogP contribution in [0, 0.1) is 0 Å². The molecule has 3 N–H and O–H groups in total. The summed E-state index contributed by atoms with van der Waals surface area (Å²) in [4.78, 5) is 11.7. The van der Waals surface area contributed by atoms with Gasteiger partial charge in [-0.1, -0.05) is 33.1 Å². The molecule has 106 valence electrons. The van der Waals surface area contributed by atoms with E-state index in [1.807, 2.05) is 0 Å². The summed E-state index contributed by atoms with van der Waals surface area (Å²) in [5.74, 6) is 0. The number of carbonyl (C=O) groups is 1. The van der Waals surface area contributed by atoms with Crippen molar-refractivity contribution < 1.29 is 9.90 Å². The van der Waals surface area contributed by atoms with Crippen LogP contribution in [-0.4, -0.2) is 29.3 Å². The van der Waals surface area contributed by atoms with Gasteiger partial charge in [-0.25, -0.2) is 4.79 Å². The smallest absolute Gasteiger partial charge is 0.315 e. The molecule has 0 aromatic rings. The van der Waals surface area contributed by atoms with Gasteiger partial charge in [0.1, 0.15) is 0 Å². The lowest BCUT2D eigenvalue weighted by atomic mass is 9.80. The van der Waals surface area contributed by atoms with Gasteiger partial charge < -0.3 is 15.7 Å². The first-order chi connectivity index (χ1) is 8.59. The van der Waals surface area contributed by atoms with Gasteiger partial charge in [0, 0.05) is 12.6 Å². The van der Waals surface area contributed by atoms with Crippen LogP contribution in [0.25, 0.3) is 0 Å². The monoisotopic (exact) mass is 256 g/mol. The van der Waals surface area contributed by atoms with Gasteiger partial charge in [-0.3, -0.25) is 0 Å². The molecular weight excluding hydrogens is 228 g/mol. The van der Waals surface area contributed by atoms with Gasteiger partial charge >= 0.3 is 6.03 Å². The maximum atomic E-state index is 11.7. The Kier molecular flexibility index (Phi) is 6.47. The Morgan fingerprint density at radius 3 is 2.50 bits per heavy atom. The summed E-state index contributed by atoms with van der Waals surface area (Å²) in [6.07, 6.45) is 8.13. The minimum Gasteiger partial charge on any atom is -0.388 e. The van der Waals surface area contributed by atoms with E-state index in [1.165, 1.54) is 0 Å². The summed E-state index contributed by atoms with van der Waals surface area (Å²) >= 11 is 0. The number of hydrogen-bond donors (Lipinski definition) is 3. The highest BCUT2D eigenvalue weighted by Crippen LogP contribution is 2.30. The Morgan fingerprint density at radius 1 is 1.28 bits per heavy atom. The molecule has 1 unspecified atom stereocenters. The molecule has 0 aromatic carbocycles. The van der Waals surface area contributed by atoms with E-state index in [0.29, 0.717) is 6.54 Å². The average Bonchev–Trinajstić information content (AvgIpc) is 2.31. The SMILES string of the molecule is CCCCC(CCC)NC(=O)NCC1(O)CCC1. The zero-order valence-corrected chi connectivity index (χ0v) is 11.8.